The largest absolute Gasteiger partial charge is 0.497 e. The van der Waals surface area contributed by atoms with Gasteiger partial charge in [0.15, 0.2) is 0 Å². The fourth-order valence-electron chi connectivity index (χ4n) is 3.69. The highest BCUT2D eigenvalue weighted by atomic mass is 32.2. The number of ether oxygens (including phenoxy) is 3. The molecule has 1 aliphatic heterocycles. The van der Waals surface area contributed by atoms with Gasteiger partial charge in [-0.15, -0.1) is 0 Å². The average molecular weight is 449 g/mol. The number of rotatable bonds is 7. The van der Waals surface area contributed by atoms with Crippen LogP contribution in [-0.4, -0.2) is 60.1 Å². The summed E-state index contributed by atoms with van der Waals surface area (Å²) >= 11 is 0. The summed E-state index contributed by atoms with van der Waals surface area (Å²) in [4.78, 5) is 14.7. The van der Waals surface area contributed by atoms with Gasteiger partial charge in [-0.1, -0.05) is 0 Å². The number of amides is 1. The Morgan fingerprint density at radius 3 is 2.26 bits per heavy atom. The number of hydrogen-bond acceptors (Lipinski definition) is 6. The first-order valence-electron chi connectivity index (χ1n) is 9.95. The van der Waals surface area contributed by atoms with Gasteiger partial charge in [-0.3, -0.25) is 4.79 Å². The summed E-state index contributed by atoms with van der Waals surface area (Å²) in [5.41, 5.74) is 0.722. The molecule has 3 rings (SSSR count). The Bertz CT molecular complexity index is 1020. The maximum absolute atomic E-state index is 13.4. The molecule has 8 nitrogen and oxygen atoms in total. The van der Waals surface area contributed by atoms with E-state index in [9.17, 15) is 13.2 Å². The fraction of sp³-hybridized carbons (Fsp3) is 0.409. The maximum atomic E-state index is 13.4. The molecular weight excluding hydrogens is 420 g/mol. The van der Waals surface area contributed by atoms with Crippen LogP contribution in [0.4, 0.5) is 5.69 Å². The lowest BCUT2D eigenvalue weighted by molar-refractivity contribution is -0.123. The third-order valence-corrected chi connectivity index (χ3v) is 7.40. The molecule has 1 heterocycles. The zero-order valence-electron chi connectivity index (χ0n) is 18.2. The van der Waals surface area contributed by atoms with Crippen LogP contribution in [0.1, 0.15) is 12.8 Å². The highest BCUT2D eigenvalue weighted by Crippen LogP contribution is 2.33. The van der Waals surface area contributed by atoms with Crippen molar-refractivity contribution in [1.82, 2.24) is 4.31 Å². The summed E-state index contributed by atoms with van der Waals surface area (Å²) in [5.74, 6) is 0.800. The third-order valence-electron chi connectivity index (χ3n) is 5.51. The smallest absolute Gasteiger partial charge is 0.246 e. The van der Waals surface area contributed by atoms with Crippen LogP contribution < -0.4 is 19.1 Å². The molecule has 0 N–H and O–H groups in total. The SMILES string of the molecule is COc1ccc(N(C)C(=O)C2CCCN(S(=O)(=O)c3cc(OC)ccc3OC)C2)cc1. The van der Waals surface area contributed by atoms with Crippen molar-refractivity contribution in [2.45, 2.75) is 17.7 Å². The van der Waals surface area contributed by atoms with E-state index >= 15 is 0 Å². The molecule has 0 radical (unpaired) electrons. The quantitative estimate of drug-likeness (QED) is 0.648. The molecule has 1 amide bonds. The van der Waals surface area contributed by atoms with Crippen LogP contribution in [0.3, 0.4) is 0 Å². The van der Waals surface area contributed by atoms with E-state index in [0.717, 1.165) is 5.69 Å². The van der Waals surface area contributed by atoms with Gasteiger partial charge in [0, 0.05) is 31.9 Å². The molecule has 2 aromatic rings. The van der Waals surface area contributed by atoms with E-state index in [-0.39, 0.29) is 23.1 Å². The number of anilines is 1. The fourth-order valence-corrected chi connectivity index (χ4v) is 5.39. The van der Waals surface area contributed by atoms with Gasteiger partial charge in [-0.2, -0.15) is 4.31 Å². The lowest BCUT2D eigenvalue weighted by Gasteiger charge is -2.33. The van der Waals surface area contributed by atoms with E-state index in [0.29, 0.717) is 30.9 Å². The number of piperidine rings is 1. The molecule has 0 saturated carbocycles. The van der Waals surface area contributed by atoms with Crippen LogP contribution in [0, 0.1) is 5.92 Å². The van der Waals surface area contributed by atoms with Crippen LogP contribution in [0.15, 0.2) is 47.4 Å². The number of carbonyl (C=O) groups is 1. The van der Waals surface area contributed by atoms with E-state index in [1.54, 1.807) is 55.5 Å². The first kappa shape index (κ1) is 22.9. The monoisotopic (exact) mass is 448 g/mol. The molecule has 9 heteroatoms. The number of sulfonamides is 1. The summed E-state index contributed by atoms with van der Waals surface area (Å²) in [5, 5.41) is 0. The van der Waals surface area contributed by atoms with Crippen LogP contribution >= 0.6 is 0 Å². The van der Waals surface area contributed by atoms with E-state index < -0.39 is 15.9 Å². The van der Waals surface area contributed by atoms with Crippen molar-refractivity contribution in [3.8, 4) is 17.2 Å². The van der Waals surface area contributed by atoms with Gasteiger partial charge in [0.05, 0.1) is 27.2 Å². The Hall–Kier alpha value is -2.78. The molecule has 2 aromatic carbocycles. The van der Waals surface area contributed by atoms with Gasteiger partial charge >= 0.3 is 0 Å². The Kier molecular flexibility index (Phi) is 7.07. The van der Waals surface area contributed by atoms with E-state index in [1.165, 1.54) is 24.6 Å². The van der Waals surface area contributed by atoms with Crippen molar-refractivity contribution < 1.29 is 27.4 Å². The molecule has 1 atom stereocenters. The van der Waals surface area contributed by atoms with E-state index in [1.807, 2.05) is 0 Å². The number of hydrogen-bond donors (Lipinski definition) is 0. The minimum atomic E-state index is -3.86. The van der Waals surface area contributed by atoms with Crippen LogP contribution in [-0.2, 0) is 14.8 Å². The van der Waals surface area contributed by atoms with Crippen molar-refractivity contribution in [3.63, 3.8) is 0 Å². The molecule has 0 spiro atoms. The van der Waals surface area contributed by atoms with Crippen LogP contribution in [0.2, 0.25) is 0 Å². The Morgan fingerprint density at radius 2 is 1.65 bits per heavy atom. The second-order valence-electron chi connectivity index (χ2n) is 7.31. The first-order chi connectivity index (χ1) is 14.8. The summed E-state index contributed by atoms with van der Waals surface area (Å²) < 4.78 is 43.7. The molecule has 0 bridgehead atoms. The topological polar surface area (TPSA) is 85.4 Å². The van der Waals surface area contributed by atoms with Gasteiger partial charge in [0.25, 0.3) is 0 Å². The average Bonchev–Trinajstić information content (AvgIpc) is 2.82. The molecule has 1 saturated heterocycles. The lowest BCUT2D eigenvalue weighted by atomic mass is 9.98. The Labute approximate surface area is 183 Å². The second-order valence-corrected chi connectivity index (χ2v) is 9.22. The van der Waals surface area contributed by atoms with Crippen LogP contribution in [0.5, 0.6) is 17.2 Å². The summed E-state index contributed by atoms with van der Waals surface area (Å²) in [7, 11) is 2.32. The standard InChI is InChI=1S/C22H28N2O6S/c1-23(17-7-9-18(28-2)10-8-17)22(25)16-6-5-13-24(15-16)31(26,27)21-14-19(29-3)11-12-20(21)30-4/h7-12,14,16H,5-6,13,15H2,1-4H3. The summed E-state index contributed by atoms with van der Waals surface area (Å²) in [6, 6.07) is 11.8. The third kappa shape index (κ3) is 4.77. The maximum Gasteiger partial charge on any atom is 0.246 e. The highest BCUT2D eigenvalue weighted by molar-refractivity contribution is 7.89. The Morgan fingerprint density at radius 1 is 1.00 bits per heavy atom. The van der Waals surface area contributed by atoms with E-state index in [2.05, 4.69) is 0 Å². The predicted molar refractivity (Wildman–Crippen MR) is 117 cm³/mol. The van der Waals surface area contributed by atoms with Crippen molar-refractivity contribution in [2.24, 2.45) is 5.92 Å². The zero-order valence-corrected chi connectivity index (χ0v) is 19.0. The van der Waals surface area contributed by atoms with Gasteiger partial charge in [0.2, 0.25) is 15.9 Å². The minimum Gasteiger partial charge on any atom is -0.497 e. The molecular formula is C22H28N2O6S. The second kappa shape index (κ2) is 9.57. The van der Waals surface area contributed by atoms with Gasteiger partial charge in [0.1, 0.15) is 22.1 Å². The summed E-state index contributed by atoms with van der Waals surface area (Å²) in [6.07, 6.45) is 1.22. The van der Waals surface area contributed by atoms with Crippen LogP contribution in [0.25, 0.3) is 0 Å². The number of nitrogens with zero attached hydrogens (tertiary/aromatic N) is 2. The zero-order chi connectivity index (χ0) is 22.6. The Balaban J connectivity index is 1.81. The molecule has 0 aliphatic carbocycles. The number of methoxy groups -OCH3 is 3. The lowest BCUT2D eigenvalue weighted by Crippen LogP contribution is -2.46. The van der Waals surface area contributed by atoms with Crippen molar-refractivity contribution >= 4 is 21.6 Å². The van der Waals surface area contributed by atoms with Crippen molar-refractivity contribution in [1.29, 1.82) is 0 Å². The number of benzene rings is 2. The van der Waals surface area contributed by atoms with E-state index in [4.69, 9.17) is 14.2 Å². The van der Waals surface area contributed by atoms with Gasteiger partial charge in [-0.25, -0.2) is 8.42 Å². The molecule has 1 fully saturated rings. The highest BCUT2D eigenvalue weighted by Gasteiger charge is 2.36. The van der Waals surface area contributed by atoms with Crippen molar-refractivity contribution in [3.05, 3.63) is 42.5 Å². The predicted octanol–water partition coefficient (Wildman–Crippen LogP) is 2.78. The molecule has 1 aliphatic rings. The first-order valence-corrected chi connectivity index (χ1v) is 11.4. The summed E-state index contributed by atoms with van der Waals surface area (Å²) in [6.45, 7) is 0.459. The minimum absolute atomic E-state index is 0.0333. The van der Waals surface area contributed by atoms with Gasteiger partial charge < -0.3 is 19.1 Å². The van der Waals surface area contributed by atoms with Crippen molar-refractivity contribution in [2.75, 3.05) is 46.4 Å². The molecule has 0 aromatic heterocycles. The molecule has 1 unspecified atom stereocenters. The normalized spacial score (nSPS) is 17.1. The molecule has 168 valence electrons. The molecule has 31 heavy (non-hydrogen) atoms. The van der Waals surface area contributed by atoms with Gasteiger partial charge in [-0.05, 0) is 49.2 Å². The number of carbonyl (C=O) groups excluding carboxylic acids is 1.